The van der Waals surface area contributed by atoms with Crippen LogP contribution in [0.5, 0.6) is 0 Å². The van der Waals surface area contributed by atoms with Crippen LogP contribution in [-0.2, 0) is 19.7 Å². The van der Waals surface area contributed by atoms with Gasteiger partial charge in [0.25, 0.3) is 15.6 Å². The van der Waals surface area contributed by atoms with Crippen molar-refractivity contribution in [1.82, 2.24) is 10.0 Å². The summed E-state index contributed by atoms with van der Waals surface area (Å²) in [7, 11) is -4.01. The summed E-state index contributed by atoms with van der Waals surface area (Å²) in [5.41, 5.74) is 13.8. The Morgan fingerprint density at radius 1 is 1.22 bits per heavy atom. The number of nitrogens with two attached hydrogens (primary N) is 2. The first-order valence-electron chi connectivity index (χ1n) is 9.85. The van der Waals surface area contributed by atoms with Gasteiger partial charge in [-0.15, -0.1) is 0 Å². The lowest BCUT2D eigenvalue weighted by Crippen LogP contribution is -2.38. The molecule has 0 saturated heterocycles. The number of hydrogen-bond acceptors (Lipinski definition) is 6. The summed E-state index contributed by atoms with van der Waals surface area (Å²) >= 11 is 0. The van der Waals surface area contributed by atoms with E-state index >= 15 is 0 Å². The van der Waals surface area contributed by atoms with Crippen molar-refractivity contribution in [3.05, 3.63) is 58.0 Å². The number of rotatable bonds is 10. The largest absolute Gasteiger partial charge is 0.368 e. The Labute approximate surface area is 186 Å². The van der Waals surface area contributed by atoms with Gasteiger partial charge in [-0.1, -0.05) is 12.1 Å². The van der Waals surface area contributed by atoms with Gasteiger partial charge in [0.1, 0.15) is 11.7 Å². The van der Waals surface area contributed by atoms with E-state index in [0.29, 0.717) is 12.2 Å². The second kappa shape index (κ2) is 10.8. The van der Waals surface area contributed by atoms with E-state index in [1.807, 2.05) is 0 Å². The summed E-state index contributed by atoms with van der Waals surface area (Å²) < 4.78 is 28.9. The van der Waals surface area contributed by atoms with Gasteiger partial charge in [-0.2, -0.15) is 0 Å². The fraction of sp³-hybridized carbons (Fsp3) is 0.350. The summed E-state index contributed by atoms with van der Waals surface area (Å²) in [6.07, 6.45) is 0.0383. The zero-order valence-electron chi connectivity index (χ0n) is 18.2. The van der Waals surface area contributed by atoms with Crippen LogP contribution in [0.2, 0.25) is 0 Å². The highest BCUT2D eigenvalue weighted by Gasteiger charge is 2.24. The number of benzene rings is 1. The summed E-state index contributed by atoms with van der Waals surface area (Å²) in [4.78, 5) is 34.2. The van der Waals surface area contributed by atoms with Gasteiger partial charge in [0.05, 0.1) is 11.5 Å². The van der Waals surface area contributed by atoms with Crippen LogP contribution in [0.25, 0.3) is 0 Å². The standard InChI is InChI=1S/C20H28N6O5S/c1-4-23-20(22)24-31-11-10-17(18(21)27)26-14(3)8-9-16(19(26)28)25-32(29,30)15-7-5-6-13(2)12-15/h5-9,12,17,25H,4,10-11H2,1-3H3,(H2,21,27)(H3,22,23,24). The number of aromatic nitrogens is 1. The summed E-state index contributed by atoms with van der Waals surface area (Å²) in [5.74, 6) is -0.697. The van der Waals surface area contributed by atoms with E-state index in [-0.39, 0.29) is 29.6 Å². The van der Waals surface area contributed by atoms with Crippen LogP contribution < -0.4 is 27.2 Å². The van der Waals surface area contributed by atoms with E-state index in [2.05, 4.69) is 15.2 Å². The molecule has 1 atom stereocenters. The third-order valence-corrected chi connectivity index (χ3v) is 5.87. The quantitative estimate of drug-likeness (QED) is 0.172. The average Bonchev–Trinajstić information content (AvgIpc) is 2.71. The monoisotopic (exact) mass is 464 g/mol. The maximum absolute atomic E-state index is 13.1. The first-order chi connectivity index (χ1) is 15.1. The molecule has 1 aromatic heterocycles. The highest BCUT2D eigenvalue weighted by atomic mass is 32.2. The number of primary amides is 1. The van der Waals surface area contributed by atoms with Crippen LogP contribution in [0.15, 0.2) is 51.1 Å². The molecule has 1 aromatic carbocycles. The first kappa shape index (κ1) is 24.9. The Morgan fingerprint density at radius 2 is 1.94 bits per heavy atom. The van der Waals surface area contributed by atoms with Gasteiger partial charge < -0.3 is 11.5 Å². The average molecular weight is 465 g/mol. The number of hydroxylamine groups is 1. The number of nitrogens with one attached hydrogen (secondary N) is 2. The fourth-order valence-electron chi connectivity index (χ4n) is 2.99. The molecule has 2 aromatic rings. The van der Waals surface area contributed by atoms with Gasteiger partial charge >= 0.3 is 0 Å². The summed E-state index contributed by atoms with van der Waals surface area (Å²) in [5, 5.41) is 0. The van der Waals surface area contributed by atoms with Crippen molar-refractivity contribution in [3.63, 3.8) is 0 Å². The van der Waals surface area contributed by atoms with Crippen LogP contribution in [0, 0.1) is 13.8 Å². The number of pyridine rings is 1. The molecule has 0 aliphatic rings. The molecule has 0 fully saturated rings. The molecule has 0 spiro atoms. The van der Waals surface area contributed by atoms with Crippen molar-refractivity contribution in [2.75, 3.05) is 17.9 Å². The second-order valence-corrected chi connectivity index (χ2v) is 8.68. The van der Waals surface area contributed by atoms with Crippen molar-refractivity contribution in [2.24, 2.45) is 16.5 Å². The molecule has 1 amide bonds. The molecule has 2 rings (SSSR count). The fourth-order valence-corrected chi connectivity index (χ4v) is 4.15. The molecule has 1 unspecified atom stereocenters. The molecule has 0 saturated carbocycles. The minimum absolute atomic E-state index is 0.0151. The molecule has 12 heteroatoms. The SMILES string of the molecule is CCN=C(N)NOCCC(C(N)=O)n1c(C)ccc(NS(=O)(=O)c2cccc(C)c2)c1=O. The number of hydrogen-bond donors (Lipinski definition) is 4. The maximum Gasteiger partial charge on any atom is 0.275 e. The maximum atomic E-state index is 13.1. The Bertz CT molecular complexity index is 1160. The van der Waals surface area contributed by atoms with Gasteiger partial charge in [0.2, 0.25) is 11.9 Å². The van der Waals surface area contributed by atoms with Crippen LogP contribution in [0.3, 0.4) is 0 Å². The zero-order valence-corrected chi connectivity index (χ0v) is 19.0. The third-order valence-electron chi connectivity index (χ3n) is 4.50. The number of amides is 1. The van der Waals surface area contributed by atoms with E-state index in [9.17, 15) is 18.0 Å². The molecular weight excluding hydrogens is 436 g/mol. The predicted molar refractivity (Wildman–Crippen MR) is 122 cm³/mol. The first-order valence-corrected chi connectivity index (χ1v) is 11.3. The van der Waals surface area contributed by atoms with Crippen LogP contribution >= 0.6 is 0 Å². The second-order valence-electron chi connectivity index (χ2n) is 7.00. The number of carbonyl (C=O) groups is 1. The van der Waals surface area contributed by atoms with Crippen molar-refractivity contribution >= 4 is 27.6 Å². The van der Waals surface area contributed by atoms with Gasteiger partial charge in [0.15, 0.2) is 0 Å². The number of aliphatic imine (C=N–C) groups is 1. The lowest BCUT2D eigenvalue weighted by Gasteiger charge is -2.20. The highest BCUT2D eigenvalue weighted by Crippen LogP contribution is 2.18. The Balaban J connectivity index is 2.29. The minimum atomic E-state index is -4.01. The van der Waals surface area contributed by atoms with Crippen molar-refractivity contribution in [1.29, 1.82) is 0 Å². The topological polar surface area (TPSA) is 171 Å². The molecule has 0 aliphatic heterocycles. The lowest BCUT2D eigenvalue weighted by molar-refractivity contribution is -0.122. The van der Waals surface area contributed by atoms with E-state index in [4.69, 9.17) is 16.3 Å². The minimum Gasteiger partial charge on any atom is -0.368 e. The molecule has 174 valence electrons. The molecular formula is C20H28N6O5S. The molecule has 0 bridgehead atoms. The Kier molecular flexibility index (Phi) is 8.38. The Hall–Kier alpha value is -3.38. The van der Waals surface area contributed by atoms with Crippen LogP contribution in [0.4, 0.5) is 5.69 Å². The van der Waals surface area contributed by atoms with Crippen molar-refractivity contribution in [2.45, 2.75) is 38.1 Å². The smallest absolute Gasteiger partial charge is 0.275 e. The van der Waals surface area contributed by atoms with Crippen LogP contribution in [0.1, 0.15) is 30.6 Å². The predicted octanol–water partition coefficient (Wildman–Crippen LogP) is 0.538. The number of anilines is 1. The van der Waals surface area contributed by atoms with Crippen molar-refractivity contribution < 1.29 is 18.0 Å². The zero-order chi connectivity index (χ0) is 23.9. The third kappa shape index (κ3) is 6.31. The molecule has 32 heavy (non-hydrogen) atoms. The number of nitrogens with zero attached hydrogens (tertiary/aromatic N) is 2. The number of carbonyl (C=O) groups excluding carboxylic acids is 1. The van der Waals surface area contributed by atoms with Crippen molar-refractivity contribution in [3.8, 4) is 0 Å². The lowest BCUT2D eigenvalue weighted by atomic mass is 10.1. The van der Waals surface area contributed by atoms with E-state index < -0.39 is 27.5 Å². The Morgan fingerprint density at radius 3 is 2.56 bits per heavy atom. The highest BCUT2D eigenvalue weighted by molar-refractivity contribution is 7.92. The van der Waals surface area contributed by atoms with Gasteiger partial charge in [-0.3, -0.25) is 28.7 Å². The van der Waals surface area contributed by atoms with Gasteiger partial charge in [-0.05, 0) is 50.6 Å². The molecule has 0 aliphatic carbocycles. The van der Waals surface area contributed by atoms with E-state index in [1.54, 1.807) is 32.9 Å². The molecule has 6 N–H and O–H groups in total. The number of aryl methyl sites for hydroxylation is 2. The summed E-state index contributed by atoms with van der Waals surface area (Å²) in [6.45, 7) is 5.62. The number of sulfonamides is 1. The summed E-state index contributed by atoms with van der Waals surface area (Å²) in [6, 6.07) is 8.07. The van der Waals surface area contributed by atoms with Gasteiger partial charge in [-0.25, -0.2) is 13.9 Å². The number of guanidine groups is 1. The molecule has 1 heterocycles. The van der Waals surface area contributed by atoms with E-state index in [0.717, 1.165) is 10.1 Å². The molecule has 11 nitrogen and oxygen atoms in total. The van der Waals surface area contributed by atoms with Gasteiger partial charge in [0, 0.05) is 18.7 Å². The van der Waals surface area contributed by atoms with E-state index in [1.165, 1.54) is 24.3 Å². The normalized spacial score (nSPS) is 12.9. The molecule has 0 radical (unpaired) electrons. The van der Waals surface area contributed by atoms with Crippen LogP contribution in [-0.4, -0.2) is 38.0 Å².